The van der Waals surface area contributed by atoms with Crippen molar-refractivity contribution in [3.8, 4) is 0 Å². The van der Waals surface area contributed by atoms with Gasteiger partial charge in [0.1, 0.15) is 5.82 Å². The molecule has 0 atom stereocenters. The van der Waals surface area contributed by atoms with Crippen molar-refractivity contribution in [3.63, 3.8) is 0 Å². The summed E-state index contributed by atoms with van der Waals surface area (Å²) in [6, 6.07) is 7.05. The predicted octanol–water partition coefficient (Wildman–Crippen LogP) is 1.47. The molecule has 1 fully saturated rings. The van der Waals surface area contributed by atoms with Crippen LogP contribution in [0.5, 0.6) is 0 Å². The highest BCUT2D eigenvalue weighted by Crippen LogP contribution is 2.12. The number of likely N-dealkylation sites (N-methyl/N-ethyl adjacent to an activating group) is 2. The van der Waals surface area contributed by atoms with Crippen LogP contribution in [0, 0.1) is 5.82 Å². The molecule has 1 heterocycles. The molecule has 1 aromatic carbocycles. The third kappa shape index (κ3) is 4.51. The van der Waals surface area contributed by atoms with Gasteiger partial charge in [-0.1, -0.05) is 18.2 Å². The molecule has 116 valence electrons. The number of nitrogens with zero attached hydrogens (tertiary/aromatic N) is 2. The summed E-state index contributed by atoms with van der Waals surface area (Å²) in [5.41, 5.74) is 0.554. The molecule has 1 saturated heterocycles. The molecule has 5 heteroatoms. The first kappa shape index (κ1) is 15.9. The summed E-state index contributed by atoms with van der Waals surface area (Å²) in [6.07, 6.45) is 2.14. The third-order valence-corrected chi connectivity index (χ3v) is 4.11. The molecule has 21 heavy (non-hydrogen) atoms. The zero-order chi connectivity index (χ0) is 15.2. The maximum absolute atomic E-state index is 13.6. The Kier molecular flexibility index (Phi) is 5.70. The van der Waals surface area contributed by atoms with E-state index in [1.807, 2.05) is 7.05 Å². The summed E-state index contributed by atoms with van der Waals surface area (Å²) >= 11 is 0. The van der Waals surface area contributed by atoms with Crippen LogP contribution in [-0.2, 0) is 11.3 Å². The fourth-order valence-electron chi connectivity index (χ4n) is 2.68. The summed E-state index contributed by atoms with van der Waals surface area (Å²) < 4.78 is 13.6. The van der Waals surface area contributed by atoms with E-state index < -0.39 is 0 Å². The quantitative estimate of drug-likeness (QED) is 0.893. The van der Waals surface area contributed by atoms with Gasteiger partial charge in [-0.25, -0.2) is 4.39 Å². The average Bonchev–Trinajstić information content (AvgIpc) is 2.50. The highest BCUT2D eigenvalue weighted by molar-refractivity contribution is 5.78. The van der Waals surface area contributed by atoms with Gasteiger partial charge in [-0.2, -0.15) is 0 Å². The highest BCUT2D eigenvalue weighted by Gasteiger charge is 2.21. The van der Waals surface area contributed by atoms with Crippen LogP contribution in [0.3, 0.4) is 0 Å². The van der Waals surface area contributed by atoms with Crippen LogP contribution in [0.4, 0.5) is 4.39 Å². The van der Waals surface area contributed by atoms with E-state index in [1.54, 1.807) is 30.1 Å². The fourth-order valence-corrected chi connectivity index (χ4v) is 2.68. The first-order valence-electron chi connectivity index (χ1n) is 7.46. The summed E-state index contributed by atoms with van der Waals surface area (Å²) in [5, 5.41) is 3.32. The number of carbonyl (C=O) groups excluding carboxylic acids is 1. The number of hydrogen-bond donors (Lipinski definition) is 1. The topological polar surface area (TPSA) is 35.6 Å². The van der Waals surface area contributed by atoms with E-state index >= 15 is 0 Å². The van der Waals surface area contributed by atoms with Gasteiger partial charge in [-0.05, 0) is 39.0 Å². The Balaban J connectivity index is 1.86. The van der Waals surface area contributed by atoms with Crippen molar-refractivity contribution in [2.45, 2.75) is 25.4 Å². The maximum Gasteiger partial charge on any atom is 0.236 e. The van der Waals surface area contributed by atoms with Gasteiger partial charge < -0.3 is 10.2 Å². The van der Waals surface area contributed by atoms with Gasteiger partial charge in [0.05, 0.1) is 6.54 Å². The minimum Gasteiger partial charge on any atom is -0.340 e. The van der Waals surface area contributed by atoms with Crippen molar-refractivity contribution in [2.75, 3.05) is 33.7 Å². The number of amides is 1. The zero-order valence-electron chi connectivity index (χ0n) is 12.8. The Morgan fingerprint density at radius 2 is 1.95 bits per heavy atom. The van der Waals surface area contributed by atoms with Crippen LogP contribution < -0.4 is 5.32 Å². The second-order valence-corrected chi connectivity index (χ2v) is 5.74. The van der Waals surface area contributed by atoms with Crippen molar-refractivity contribution in [1.82, 2.24) is 15.1 Å². The molecule has 1 aromatic rings. The van der Waals surface area contributed by atoms with Crippen LogP contribution in [0.1, 0.15) is 18.4 Å². The number of rotatable bonds is 5. The number of piperidine rings is 1. The van der Waals surface area contributed by atoms with E-state index in [-0.39, 0.29) is 11.7 Å². The smallest absolute Gasteiger partial charge is 0.236 e. The number of nitrogens with one attached hydrogen (secondary N) is 1. The summed E-state index contributed by atoms with van der Waals surface area (Å²) in [6.45, 7) is 2.71. The van der Waals surface area contributed by atoms with E-state index in [4.69, 9.17) is 0 Å². The molecule has 1 aliphatic rings. The van der Waals surface area contributed by atoms with Gasteiger partial charge in [-0.15, -0.1) is 0 Å². The van der Waals surface area contributed by atoms with Gasteiger partial charge in [0.25, 0.3) is 0 Å². The summed E-state index contributed by atoms with van der Waals surface area (Å²) in [5.74, 6) is -0.233. The molecule has 1 N–H and O–H groups in total. The Hall–Kier alpha value is -1.46. The van der Waals surface area contributed by atoms with Crippen molar-refractivity contribution in [2.24, 2.45) is 0 Å². The fraction of sp³-hybridized carbons (Fsp3) is 0.562. The van der Waals surface area contributed by atoms with E-state index in [0.29, 0.717) is 24.7 Å². The lowest BCUT2D eigenvalue weighted by Gasteiger charge is -2.32. The molecule has 4 nitrogen and oxygen atoms in total. The Morgan fingerprint density at radius 1 is 1.29 bits per heavy atom. The van der Waals surface area contributed by atoms with Crippen molar-refractivity contribution < 1.29 is 9.18 Å². The number of halogens is 1. The third-order valence-electron chi connectivity index (χ3n) is 4.11. The van der Waals surface area contributed by atoms with E-state index in [2.05, 4.69) is 10.2 Å². The van der Waals surface area contributed by atoms with Crippen LogP contribution >= 0.6 is 0 Å². The molecule has 0 spiro atoms. The first-order valence-corrected chi connectivity index (χ1v) is 7.46. The first-order chi connectivity index (χ1) is 10.1. The Morgan fingerprint density at radius 3 is 2.62 bits per heavy atom. The molecule has 1 aliphatic heterocycles. The normalized spacial score (nSPS) is 16.2. The van der Waals surface area contributed by atoms with Gasteiger partial charge in [0.2, 0.25) is 5.91 Å². The predicted molar refractivity (Wildman–Crippen MR) is 81.4 cm³/mol. The minimum absolute atomic E-state index is 0.0271. The number of carbonyl (C=O) groups is 1. The molecule has 0 radical (unpaired) electrons. The molecule has 2 rings (SSSR count). The average molecular weight is 293 g/mol. The monoisotopic (exact) mass is 293 g/mol. The van der Waals surface area contributed by atoms with Gasteiger partial charge in [0.15, 0.2) is 0 Å². The second kappa shape index (κ2) is 7.52. The van der Waals surface area contributed by atoms with E-state index in [9.17, 15) is 9.18 Å². The lowest BCUT2D eigenvalue weighted by atomic mass is 10.1. The van der Waals surface area contributed by atoms with Crippen LogP contribution in [-0.4, -0.2) is 55.5 Å². The minimum atomic E-state index is -0.260. The van der Waals surface area contributed by atoms with E-state index in [0.717, 1.165) is 25.9 Å². The Labute approximate surface area is 125 Å². The maximum atomic E-state index is 13.6. The van der Waals surface area contributed by atoms with Crippen molar-refractivity contribution in [1.29, 1.82) is 0 Å². The summed E-state index contributed by atoms with van der Waals surface area (Å²) in [7, 11) is 3.72. The number of hydrogen-bond acceptors (Lipinski definition) is 3. The van der Waals surface area contributed by atoms with Crippen LogP contribution in [0.2, 0.25) is 0 Å². The largest absolute Gasteiger partial charge is 0.340 e. The van der Waals surface area contributed by atoms with Crippen LogP contribution in [0.15, 0.2) is 24.3 Å². The molecule has 0 unspecified atom stereocenters. The molecule has 0 aromatic heterocycles. The molecule has 0 bridgehead atoms. The molecule has 1 amide bonds. The van der Waals surface area contributed by atoms with E-state index in [1.165, 1.54) is 6.07 Å². The molecule has 0 saturated carbocycles. The highest BCUT2D eigenvalue weighted by atomic mass is 19.1. The number of benzene rings is 1. The summed E-state index contributed by atoms with van der Waals surface area (Å²) in [4.78, 5) is 16.0. The molecule has 0 aliphatic carbocycles. The van der Waals surface area contributed by atoms with Crippen molar-refractivity contribution >= 4 is 5.91 Å². The zero-order valence-corrected chi connectivity index (χ0v) is 12.8. The Bertz CT molecular complexity index is 474. The lowest BCUT2D eigenvalue weighted by molar-refractivity contribution is -0.132. The molecular weight excluding hydrogens is 269 g/mol. The van der Waals surface area contributed by atoms with Crippen LogP contribution in [0.25, 0.3) is 0 Å². The standard InChI is InChI=1S/C16H24FN3O/c1-19(14-7-9-18-10-8-14)12-16(21)20(2)11-13-5-3-4-6-15(13)17/h3-6,14,18H,7-12H2,1-2H3. The SMILES string of the molecule is CN(Cc1ccccc1F)C(=O)CN(C)C1CCNCC1. The van der Waals surface area contributed by atoms with Crippen molar-refractivity contribution in [3.05, 3.63) is 35.6 Å². The van der Waals surface area contributed by atoms with Gasteiger partial charge >= 0.3 is 0 Å². The second-order valence-electron chi connectivity index (χ2n) is 5.74. The van der Waals surface area contributed by atoms with Gasteiger partial charge in [0, 0.05) is 25.2 Å². The van der Waals surface area contributed by atoms with Gasteiger partial charge in [-0.3, -0.25) is 9.69 Å². The molecular formula is C16H24FN3O. The lowest BCUT2D eigenvalue weighted by Crippen LogP contribution is -2.45.